The highest BCUT2D eigenvalue weighted by molar-refractivity contribution is 5.75. The van der Waals surface area contributed by atoms with Crippen molar-refractivity contribution < 1.29 is 47.9 Å². The van der Waals surface area contributed by atoms with E-state index >= 15 is 0 Å². The van der Waals surface area contributed by atoms with Crippen LogP contribution in [0.4, 0.5) is 13.2 Å². The van der Waals surface area contributed by atoms with Gasteiger partial charge in [-0.2, -0.15) is 13.2 Å². The first-order valence-electron chi connectivity index (χ1n) is 13.6. The maximum absolute atomic E-state index is 12.9. The highest BCUT2D eigenvalue weighted by atomic mass is 19.4. The van der Waals surface area contributed by atoms with Gasteiger partial charge in [-0.15, -0.1) is 10.1 Å². The Hall–Kier alpha value is -3.16. The van der Waals surface area contributed by atoms with Crippen LogP contribution in [0.1, 0.15) is 50.5 Å². The lowest BCUT2D eigenvalue weighted by atomic mass is 9.89. The van der Waals surface area contributed by atoms with E-state index < -0.39 is 41.1 Å². The van der Waals surface area contributed by atoms with Gasteiger partial charge in [0.15, 0.2) is 0 Å². The number of carbonyl (C=O) groups is 1. The van der Waals surface area contributed by atoms with Crippen molar-refractivity contribution in [1.29, 1.82) is 0 Å². The molecule has 0 radical (unpaired) electrons. The van der Waals surface area contributed by atoms with Crippen LogP contribution in [0, 0.1) is 22.0 Å². The number of hydrogen-bond acceptors (Lipinski definition) is 8. The molecule has 0 heterocycles. The Morgan fingerprint density at radius 1 is 1.22 bits per heavy atom. The van der Waals surface area contributed by atoms with E-state index in [4.69, 9.17) is 4.74 Å². The third-order valence-corrected chi connectivity index (χ3v) is 6.90. The van der Waals surface area contributed by atoms with Crippen LogP contribution in [-0.2, 0) is 15.8 Å². The van der Waals surface area contributed by atoms with Crippen LogP contribution in [-0.4, -0.2) is 76.3 Å². The Balaban J connectivity index is 1.73. The molecule has 0 spiro atoms. The topological polar surface area (TPSA) is 143 Å². The quantitative estimate of drug-likeness (QED) is 0.108. The fourth-order valence-corrected chi connectivity index (χ4v) is 4.61. The molecule has 1 aromatic carbocycles. The number of hydrogen-bond donors (Lipinski definition) is 3. The van der Waals surface area contributed by atoms with Crippen molar-refractivity contribution in [1.82, 2.24) is 4.90 Å². The summed E-state index contributed by atoms with van der Waals surface area (Å²) < 4.78 is 43.8. The highest BCUT2D eigenvalue weighted by Crippen LogP contribution is 2.36. The molecule has 5 atom stereocenters. The van der Waals surface area contributed by atoms with E-state index in [9.17, 15) is 43.4 Å². The number of alkyl halides is 3. The smallest absolute Gasteiger partial charge is 0.416 e. The van der Waals surface area contributed by atoms with Crippen molar-refractivity contribution in [3.63, 3.8) is 0 Å². The lowest BCUT2D eigenvalue weighted by Gasteiger charge is -2.20. The zero-order valence-electron chi connectivity index (χ0n) is 23.0. The Kier molecular flexibility index (Phi) is 14.1. The van der Waals surface area contributed by atoms with Gasteiger partial charge in [0.2, 0.25) is 5.91 Å². The minimum Gasteiger partial charge on any atom is -0.491 e. The summed E-state index contributed by atoms with van der Waals surface area (Å²) in [5.74, 6) is -0.769. The number of halogens is 3. The van der Waals surface area contributed by atoms with E-state index in [1.807, 2.05) is 12.2 Å². The van der Waals surface area contributed by atoms with Gasteiger partial charge in [0.05, 0.1) is 24.4 Å². The number of ether oxygens (including phenoxy) is 1. The summed E-state index contributed by atoms with van der Waals surface area (Å²) in [5.41, 5.74) is -0.854. The Morgan fingerprint density at radius 2 is 1.98 bits per heavy atom. The molecule has 41 heavy (non-hydrogen) atoms. The van der Waals surface area contributed by atoms with Crippen molar-refractivity contribution in [3.8, 4) is 5.75 Å². The SMILES string of the molecule is CN(CCCCO[N+](=O)[O-])C(=O)CCCC=CC[C@@H]1[C@@H](C=C[C@@H](O)COc2cccc(C(F)(F)F)c2)[C@H](O)C[C@@H]1O. The van der Waals surface area contributed by atoms with Crippen LogP contribution < -0.4 is 4.74 Å². The van der Waals surface area contributed by atoms with Crippen LogP contribution in [0.15, 0.2) is 48.6 Å². The molecule has 0 saturated heterocycles. The van der Waals surface area contributed by atoms with Gasteiger partial charge < -0.3 is 29.8 Å². The fraction of sp³-hybridized carbons (Fsp3) is 0.607. The Morgan fingerprint density at radius 3 is 2.68 bits per heavy atom. The van der Waals surface area contributed by atoms with Crippen molar-refractivity contribution >= 4 is 5.91 Å². The number of nitrogens with zero attached hydrogens (tertiary/aromatic N) is 2. The number of carbonyl (C=O) groups excluding carboxylic acids is 1. The fourth-order valence-electron chi connectivity index (χ4n) is 4.61. The predicted octanol–water partition coefficient (Wildman–Crippen LogP) is 3.92. The largest absolute Gasteiger partial charge is 0.491 e. The van der Waals surface area contributed by atoms with E-state index in [0.29, 0.717) is 45.1 Å². The van der Waals surface area contributed by atoms with Gasteiger partial charge in [-0.25, -0.2) is 0 Å². The lowest BCUT2D eigenvalue weighted by molar-refractivity contribution is -0.757. The lowest BCUT2D eigenvalue weighted by Crippen LogP contribution is -2.27. The Bertz CT molecular complexity index is 1020. The third kappa shape index (κ3) is 12.5. The van der Waals surface area contributed by atoms with Gasteiger partial charge in [-0.3, -0.25) is 4.79 Å². The molecular weight excluding hydrogens is 549 g/mol. The van der Waals surface area contributed by atoms with E-state index in [0.717, 1.165) is 12.1 Å². The van der Waals surface area contributed by atoms with Crippen LogP contribution >= 0.6 is 0 Å². The Labute approximate surface area is 237 Å². The van der Waals surface area contributed by atoms with Gasteiger partial charge >= 0.3 is 6.18 Å². The summed E-state index contributed by atoms with van der Waals surface area (Å²) in [7, 11) is 1.68. The molecule has 1 aliphatic carbocycles. The first kappa shape index (κ1) is 34.0. The average molecular weight is 589 g/mol. The number of benzene rings is 1. The number of amides is 1. The second-order valence-electron chi connectivity index (χ2n) is 10.1. The summed E-state index contributed by atoms with van der Waals surface area (Å²) in [6.45, 7) is 0.206. The zero-order chi connectivity index (χ0) is 30.4. The second kappa shape index (κ2) is 16.9. The number of rotatable bonds is 17. The minimum atomic E-state index is -4.50. The molecule has 1 saturated carbocycles. The molecule has 0 bridgehead atoms. The summed E-state index contributed by atoms with van der Waals surface area (Å²) in [6, 6.07) is 4.36. The van der Waals surface area contributed by atoms with E-state index in [-0.39, 0.29) is 37.2 Å². The first-order valence-corrected chi connectivity index (χ1v) is 13.6. The third-order valence-electron chi connectivity index (χ3n) is 6.90. The first-order chi connectivity index (χ1) is 19.4. The average Bonchev–Trinajstić information content (AvgIpc) is 3.18. The molecule has 0 aromatic heterocycles. The molecule has 0 aliphatic heterocycles. The van der Waals surface area contributed by atoms with Gasteiger partial charge in [-0.1, -0.05) is 30.4 Å². The number of allylic oxidation sites excluding steroid dienone is 2. The van der Waals surface area contributed by atoms with E-state index in [1.165, 1.54) is 18.2 Å². The molecule has 13 heteroatoms. The highest BCUT2D eigenvalue weighted by Gasteiger charge is 2.39. The molecule has 2 rings (SSSR count). The van der Waals surface area contributed by atoms with Gasteiger partial charge in [0.25, 0.3) is 5.09 Å². The van der Waals surface area contributed by atoms with E-state index in [2.05, 4.69) is 4.84 Å². The minimum absolute atomic E-state index is 0.00148. The van der Waals surface area contributed by atoms with Gasteiger partial charge in [0.1, 0.15) is 18.5 Å². The van der Waals surface area contributed by atoms with Crippen LogP contribution in [0.3, 0.4) is 0 Å². The molecule has 1 fully saturated rings. The molecule has 1 amide bonds. The zero-order valence-corrected chi connectivity index (χ0v) is 23.0. The normalized spacial score (nSPS) is 21.8. The molecule has 1 aromatic rings. The van der Waals surface area contributed by atoms with Crippen molar-refractivity contribution in [3.05, 3.63) is 64.2 Å². The van der Waals surface area contributed by atoms with Crippen molar-refractivity contribution in [2.45, 2.75) is 69.4 Å². The monoisotopic (exact) mass is 588 g/mol. The number of aliphatic hydroxyl groups excluding tert-OH is 3. The second-order valence-corrected chi connectivity index (χ2v) is 10.1. The molecule has 230 valence electrons. The van der Waals surface area contributed by atoms with Crippen molar-refractivity contribution in [2.75, 3.05) is 26.8 Å². The summed E-state index contributed by atoms with van der Waals surface area (Å²) >= 11 is 0. The molecule has 1 aliphatic rings. The number of aliphatic hydroxyl groups is 3. The molecule has 0 unspecified atom stereocenters. The van der Waals surface area contributed by atoms with Gasteiger partial charge in [0, 0.05) is 32.4 Å². The number of unbranched alkanes of at least 4 members (excludes halogenated alkanes) is 2. The maximum Gasteiger partial charge on any atom is 0.416 e. The maximum atomic E-state index is 12.9. The van der Waals surface area contributed by atoms with Gasteiger partial charge in [-0.05, 0) is 56.2 Å². The predicted molar refractivity (Wildman–Crippen MR) is 143 cm³/mol. The van der Waals surface area contributed by atoms with E-state index in [1.54, 1.807) is 18.0 Å². The van der Waals surface area contributed by atoms with Crippen molar-refractivity contribution in [2.24, 2.45) is 11.8 Å². The molecule has 10 nitrogen and oxygen atoms in total. The van der Waals surface area contributed by atoms with Crippen LogP contribution in [0.25, 0.3) is 0 Å². The summed E-state index contributed by atoms with van der Waals surface area (Å²) in [4.78, 5) is 28.1. The van der Waals surface area contributed by atoms with Crippen LogP contribution in [0.5, 0.6) is 5.75 Å². The standard InChI is InChI=1S/C28H39F3N2O8/c1-32(15-6-7-16-41-33(38)39)27(37)12-5-3-2-4-11-23-24(26(36)18-25(23)35)14-13-21(34)19-40-22-10-8-9-20(17-22)28(29,30)31/h2,4,8-10,13-14,17,21,23-26,34-36H,3,5-7,11-12,15-16,18-19H2,1H3/t21-,23-,24-,25+,26-/m1/s1. The summed E-state index contributed by atoms with van der Waals surface area (Å²) in [6.07, 6.45) is 3.00. The molecule has 3 N–H and O–H groups in total. The molecular formula is C28H39F3N2O8. The summed E-state index contributed by atoms with van der Waals surface area (Å²) in [5, 5.41) is 40.3. The van der Waals surface area contributed by atoms with Crippen LogP contribution in [0.2, 0.25) is 0 Å².